The van der Waals surface area contributed by atoms with Gasteiger partial charge in [-0.1, -0.05) is 29.8 Å². The SMILES string of the molecule is CCOc1ccc(CC2=C(Cl)C=CC(C3([OH2+])O[C@]4(CC4O)[C@@H](O)C4(CC4)[C@H]3O)C2)cc1. The van der Waals surface area contributed by atoms with Crippen molar-refractivity contribution in [1.29, 1.82) is 0 Å². The minimum atomic E-state index is -1.65. The number of aliphatic hydroxyl groups is 3. The van der Waals surface area contributed by atoms with Gasteiger partial charge in [-0.15, -0.1) is 0 Å². The van der Waals surface area contributed by atoms with Gasteiger partial charge < -0.3 is 25.2 Å². The molecule has 5 N–H and O–H groups in total. The summed E-state index contributed by atoms with van der Waals surface area (Å²) in [6, 6.07) is 7.87. The van der Waals surface area contributed by atoms with Crippen molar-refractivity contribution in [1.82, 2.24) is 0 Å². The number of rotatable bonds is 5. The van der Waals surface area contributed by atoms with Crippen LogP contribution in [0, 0.1) is 11.3 Å². The second kappa shape index (κ2) is 7.30. The Balaban J connectivity index is 1.37. The maximum absolute atomic E-state index is 11.2. The summed E-state index contributed by atoms with van der Waals surface area (Å²) in [5.41, 5.74) is 0.164. The van der Waals surface area contributed by atoms with Crippen LogP contribution in [0.3, 0.4) is 0 Å². The Morgan fingerprint density at radius 2 is 1.84 bits per heavy atom. The van der Waals surface area contributed by atoms with Crippen LogP contribution in [0.5, 0.6) is 5.75 Å². The maximum atomic E-state index is 11.2. The first-order valence-electron chi connectivity index (χ1n) is 11.0. The van der Waals surface area contributed by atoms with Crippen LogP contribution in [0.4, 0.5) is 0 Å². The summed E-state index contributed by atoms with van der Waals surface area (Å²) in [5, 5.41) is 42.0. The number of allylic oxidation sites excluding steroid dienone is 3. The topological polar surface area (TPSA) is 102 Å². The van der Waals surface area contributed by atoms with Gasteiger partial charge >= 0.3 is 5.79 Å². The van der Waals surface area contributed by atoms with Crippen molar-refractivity contribution in [3.05, 3.63) is 52.6 Å². The number of hydrogen-bond acceptors (Lipinski definition) is 5. The highest BCUT2D eigenvalue weighted by molar-refractivity contribution is 6.31. The van der Waals surface area contributed by atoms with Crippen molar-refractivity contribution in [3.8, 4) is 5.75 Å². The number of ether oxygens (including phenoxy) is 2. The van der Waals surface area contributed by atoms with Gasteiger partial charge in [-0.2, -0.15) is 0 Å². The fourth-order valence-electron chi connectivity index (χ4n) is 5.42. The molecule has 0 amide bonds. The molecule has 0 bridgehead atoms. The van der Waals surface area contributed by atoms with Crippen LogP contribution in [0.2, 0.25) is 0 Å². The van der Waals surface area contributed by atoms with Gasteiger partial charge in [0, 0.05) is 16.9 Å². The molecule has 1 heterocycles. The molecular formula is C24H30ClO6+. The number of hydrogen-bond donors (Lipinski definition) is 3. The molecule has 2 spiro atoms. The van der Waals surface area contributed by atoms with E-state index in [-0.39, 0.29) is 0 Å². The lowest BCUT2D eigenvalue weighted by Gasteiger charge is -2.48. The molecule has 3 fully saturated rings. The molecule has 6 atom stereocenters. The van der Waals surface area contributed by atoms with E-state index in [0.29, 0.717) is 43.7 Å². The van der Waals surface area contributed by atoms with E-state index in [9.17, 15) is 20.4 Å². The number of benzene rings is 1. The van der Waals surface area contributed by atoms with Crippen LogP contribution < -0.4 is 4.74 Å². The summed E-state index contributed by atoms with van der Waals surface area (Å²) >= 11 is 6.51. The molecule has 1 aliphatic heterocycles. The van der Waals surface area contributed by atoms with E-state index in [1.165, 1.54) is 0 Å². The summed E-state index contributed by atoms with van der Waals surface area (Å²) < 4.78 is 11.6. The van der Waals surface area contributed by atoms with Crippen molar-refractivity contribution in [2.24, 2.45) is 11.3 Å². The van der Waals surface area contributed by atoms with Crippen molar-refractivity contribution >= 4 is 11.6 Å². The maximum Gasteiger partial charge on any atom is 0.308 e. The van der Waals surface area contributed by atoms with E-state index in [4.69, 9.17) is 21.1 Å². The Bertz CT molecular complexity index is 921. The van der Waals surface area contributed by atoms with Crippen molar-refractivity contribution in [2.75, 3.05) is 6.61 Å². The van der Waals surface area contributed by atoms with E-state index in [1.54, 1.807) is 6.08 Å². The highest BCUT2D eigenvalue weighted by Gasteiger charge is 2.81. The van der Waals surface area contributed by atoms with Crippen molar-refractivity contribution < 1.29 is 29.9 Å². The van der Waals surface area contributed by atoms with Gasteiger partial charge in [0.05, 0.1) is 24.7 Å². The third kappa shape index (κ3) is 3.27. The van der Waals surface area contributed by atoms with E-state index in [2.05, 4.69) is 0 Å². The van der Waals surface area contributed by atoms with Crippen LogP contribution in [0.15, 0.2) is 47.0 Å². The van der Waals surface area contributed by atoms with E-state index >= 15 is 0 Å². The minimum absolute atomic E-state index is 0.301. The van der Waals surface area contributed by atoms with Crippen LogP contribution in [0.25, 0.3) is 0 Å². The fraction of sp³-hybridized carbons (Fsp3) is 0.583. The first kappa shape index (κ1) is 21.4. The average Bonchev–Trinajstić information content (AvgIpc) is 3.66. The van der Waals surface area contributed by atoms with Gasteiger partial charge in [0.15, 0.2) is 6.10 Å². The Kier molecular flexibility index (Phi) is 5.05. The highest BCUT2D eigenvalue weighted by atomic mass is 35.5. The van der Waals surface area contributed by atoms with Gasteiger partial charge in [-0.3, -0.25) is 4.74 Å². The molecule has 0 radical (unpaired) electrons. The lowest BCUT2D eigenvalue weighted by molar-refractivity contribution is -0.371. The van der Waals surface area contributed by atoms with Gasteiger partial charge in [0.2, 0.25) is 0 Å². The molecular weight excluding hydrogens is 420 g/mol. The zero-order valence-electron chi connectivity index (χ0n) is 17.6. The lowest BCUT2D eigenvalue weighted by atomic mass is 9.73. The Morgan fingerprint density at radius 3 is 2.42 bits per heavy atom. The van der Waals surface area contributed by atoms with Crippen molar-refractivity contribution in [3.63, 3.8) is 0 Å². The molecule has 2 saturated carbocycles. The summed E-state index contributed by atoms with van der Waals surface area (Å²) in [6.45, 7) is 2.56. The second-order valence-electron chi connectivity index (χ2n) is 9.48. The van der Waals surface area contributed by atoms with E-state index in [0.717, 1.165) is 16.9 Å². The van der Waals surface area contributed by atoms with E-state index < -0.39 is 41.0 Å². The third-order valence-electron chi connectivity index (χ3n) is 7.54. The van der Waals surface area contributed by atoms with E-state index in [1.807, 2.05) is 37.3 Å². The Hall–Kier alpha value is -1.41. The molecule has 168 valence electrons. The van der Waals surface area contributed by atoms with Gasteiger partial charge in [0.25, 0.3) is 0 Å². The second-order valence-corrected chi connectivity index (χ2v) is 9.89. The molecule has 1 saturated heterocycles. The zero-order valence-corrected chi connectivity index (χ0v) is 18.3. The molecule has 3 aliphatic carbocycles. The highest BCUT2D eigenvalue weighted by Crippen LogP contribution is 2.67. The first-order chi connectivity index (χ1) is 14.7. The normalized spacial score (nSPS) is 40.5. The van der Waals surface area contributed by atoms with Crippen LogP contribution >= 0.6 is 11.6 Å². The molecule has 0 aromatic heterocycles. The third-order valence-corrected chi connectivity index (χ3v) is 7.94. The molecule has 31 heavy (non-hydrogen) atoms. The Morgan fingerprint density at radius 1 is 1.16 bits per heavy atom. The Labute approximate surface area is 186 Å². The molecule has 7 heteroatoms. The quantitative estimate of drug-likeness (QED) is 0.598. The standard InChI is InChI=1S/C24H29ClO6/c1-2-30-17-6-3-14(4-7-17)11-15-12-16(5-8-18(15)25)24(29)21(28)22(9-10-22)20(27)23(31-24)13-19(23)26/h3-8,16,19-21,26-29H,2,9-13H2,1H3/p+1/t16?,19?,20-,21+,23-,24?/m0/s1. The van der Waals surface area contributed by atoms with Crippen LogP contribution in [-0.2, 0) is 11.2 Å². The van der Waals surface area contributed by atoms with Crippen LogP contribution in [0.1, 0.15) is 38.2 Å². The predicted octanol–water partition coefficient (Wildman–Crippen LogP) is 2.15. The predicted molar refractivity (Wildman–Crippen MR) is 116 cm³/mol. The summed E-state index contributed by atoms with van der Waals surface area (Å²) in [5.74, 6) is -1.26. The van der Waals surface area contributed by atoms with Crippen LogP contribution in [-0.4, -0.2) is 56.7 Å². The molecule has 5 rings (SSSR count). The number of aliphatic hydroxyl groups excluding tert-OH is 3. The van der Waals surface area contributed by atoms with Gasteiger partial charge in [-0.05, 0) is 62.0 Å². The summed E-state index contributed by atoms with van der Waals surface area (Å²) in [4.78, 5) is 0. The number of halogens is 1. The summed E-state index contributed by atoms with van der Waals surface area (Å²) in [7, 11) is 0. The monoisotopic (exact) mass is 449 g/mol. The molecule has 1 aromatic carbocycles. The largest absolute Gasteiger partial charge is 0.494 e. The lowest BCUT2D eigenvalue weighted by Crippen LogP contribution is -2.67. The van der Waals surface area contributed by atoms with Crippen molar-refractivity contribution in [2.45, 2.75) is 68.7 Å². The zero-order chi connectivity index (χ0) is 22.0. The summed E-state index contributed by atoms with van der Waals surface area (Å²) in [6.07, 6.45) is 3.41. The molecule has 4 aliphatic rings. The molecule has 6 nitrogen and oxygen atoms in total. The smallest absolute Gasteiger partial charge is 0.308 e. The van der Waals surface area contributed by atoms with Gasteiger partial charge in [0.1, 0.15) is 11.4 Å². The molecule has 3 unspecified atom stereocenters. The fourth-order valence-corrected chi connectivity index (χ4v) is 5.64. The molecule has 1 aromatic rings. The minimum Gasteiger partial charge on any atom is -0.494 e. The van der Waals surface area contributed by atoms with Gasteiger partial charge in [-0.25, -0.2) is 0 Å². The average molecular weight is 450 g/mol. The first-order valence-corrected chi connectivity index (χ1v) is 11.4.